The molecular weight excluding hydrogens is 286 g/mol. The second-order valence-corrected chi connectivity index (χ2v) is 5.41. The van der Waals surface area contributed by atoms with Crippen LogP contribution in [0, 0.1) is 0 Å². The maximum atomic E-state index is 12.1. The molecule has 116 valence electrons. The number of amides is 1. The lowest BCUT2D eigenvalue weighted by atomic mass is 10.0. The van der Waals surface area contributed by atoms with Gasteiger partial charge in [-0.2, -0.15) is 0 Å². The quantitative estimate of drug-likeness (QED) is 0.631. The van der Waals surface area contributed by atoms with Crippen molar-refractivity contribution in [3.8, 4) is 11.1 Å². The molecular formula is C19H19N3O. The highest BCUT2D eigenvalue weighted by molar-refractivity contribution is 6.04. The molecule has 0 aliphatic heterocycles. The zero-order valence-corrected chi connectivity index (χ0v) is 13.0. The number of aromatic nitrogens is 1. The molecule has 0 atom stereocenters. The molecule has 0 saturated carbocycles. The zero-order valence-electron chi connectivity index (χ0n) is 13.0. The van der Waals surface area contributed by atoms with Crippen LogP contribution < -0.4 is 10.6 Å². The SMILES string of the molecule is C=C(CNC)C(=O)Nc1cccc(-c2cccc3[nH]ccc23)c1. The molecule has 1 amide bonds. The van der Waals surface area contributed by atoms with E-state index >= 15 is 0 Å². The molecule has 2 aromatic carbocycles. The van der Waals surface area contributed by atoms with Crippen molar-refractivity contribution in [1.29, 1.82) is 0 Å². The van der Waals surface area contributed by atoms with E-state index in [2.05, 4.69) is 34.3 Å². The van der Waals surface area contributed by atoms with E-state index in [0.29, 0.717) is 12.1 Å². The highest BCUT2D eigenvalue weighted by Gasteiger charge is 2.08. The monoisotopic (exact) mass is 305 g/mol. The summed E-state index contributed by atoms with van der Waals surface area (Å²) in [5, 5.41) is 6.98. The number of H-pyrrole nitrogens is 1. The second-order valence-electron chi connectivity index (χ2n) is 5.41. The van der Waals surface area contributed by atoms with Gasteiger partial charge in [-0.25, -0.2) is 0 Å². The molecule has 0 spiro atoms. The lowest BCUT2D eigenvalue weighted by Gasteiger charge is -2.10. The molecule has 1 heterocycles. The van der Waals surface area contributed by atoms with E-state index in [1.807, 2.05) is 42.6 Å². The Labute approximate surface area is 135 Å². The normalized spacial score (nSPS) is 10.7. The molecule has 0 unspecified atom stereocenters. The summed E-state index contributed by atoms with van der Waals surface area (Å²) in [6.45, 7) is 4.24. The summed E-state index contributed by atoms with van der Waals surface area (Å²) in [6.07, 6.45) is 1.93. The predicted octanol–water partition coefficient (Wildman–Crippen LogP) is 3.55. The number of hydrogen-bond donors (Lipinski definition) is 3. The van der Waals surface area contributed by atoms with Crippen molar-refractivity contribution in [2.75, 3.05) is 18.9 Å². The minimum Gasteiger partial charge on any atom is -0.361 e. The number of likely N-dealkylation sites (N-methyl/N-ethyl adjacent to an activating group) is 1. The molecule has 0 fully saturated rings. The number of fused-ring (bicyclic) bond motifs is 1. The summed E-state index contributed by atoms with van der Waals surface area (Å²) < 4.78 is 0. The fourth-order valence-corrected chi connectivity index (χ4v) is 2.61. The van der Waals surface area contributed by atoms with Crippen molar-refractivity contribution < 1.29 is 4.79 Å². The molecule has 4 heteroatoms. The van der Waals surface area contributed by atoms with E-state index in [1.54, 1.807) is 7.05 Å². The highest BCUT2D eigenvalue weighted by Crippen LogP contribution is 2.29. The van der Waals surface area contributed by atoms with Crippen LogP contribution in [-0.4, -0.2) is 24.5 Å². The van der Waals surface area contributed by atoms with Crippen molar-refractivity contribution in [2.45, 2.75) is 0 Å². The molecule has 23 heavy (non-hydrogen) atoms. The fourth-order valence-electron chi connectivity index (χ4n) is 2.61. The minimum absolute atomic E-state index is 0.170. The summed E-state index contributed by atoms with van der Waals surface area (Å²) in [6, 6.07) is 16.1. The van der Waals surface area contributed by atoms with Gasteiger partial charge >= 0.3 is 0 Å². The van der Waals surface area contributed by atoms with Crippen molar-refractivity contribution in [2.24, 2.45) is 0 Å². The van der Waals surface area contributed by atoms with E-state index in [1.165, 1.54) is 0 Å². The van der Waals surface area contributed by atoms with E-state index in [-0.39, 0.29) is 5.91 Å². The summed E-state index contributed by atoms with van der Waals surface area (Å²) in [4.78, 5) is 15.3. The molecule has 0 aliphatic carbocycles. The largest absolute Gasteiger partial charge is 0.361 e. The van der Waals surface area contributed by atoms with Gasteiger partial charge in [0.1, 0.15) is 0 Å². The molecule has 3 N–H and O–H groups in total. The van der Waals surface area contributed by atoms with E-state index in [4.69, 9.17) is 0 Å². The smallest absolute Gasteiger partial charge is 0.252 e. The van der Waals surface area contributed by atoms with Gasteiger partial charge in [-0.1, -0.05) is 30.8 Å². The number of carbonyl (C=O) groups excluding carboxylic acids is 1. The van der Waals surface area contributed by atoms with Crippen LogP contribution in [0.3, 0.4) is 0 Å². The van der Waals surface area contributed by atoms with Crippen LogP contribution in [0.25, 0.3) is 22.0 Å². The molecule has 4 nitrogen and oxygen atoms in total. The van der Waals surface area contributed by atoms with Gasteiger partial charge in [-0.3, -0.25) is 4.79 Å². The predicted molar refractivity (Wildman–Crippen MR) is 95.4 cm³/mol. The lowest BCUT2D eigenvalue weighted by molar-refractivity contribution is -0.112. The molecule has 0 bridgehead atoms. The molecule has 0 aliphatic rings. The Hall–Kier alpha value is -2.85. The Bertz CT molecular complexity index is 864. The molecule has 1 aromatic heterocycles. The van der Waals surface area contributed by atoms with E-state index in [0.717, 1.165) is 27.7 Å². The molecule has 3 aromatic rings. The van der Waals surface area contributed by atoms with E-state index < -0.39 is 0 Å². The first-order valence-electron chi connectivity index (χ1n) is 7.49. The summed E-state index contributed by atoms with van der Waals surface area (Å²) in [7, 11) is 1.79. The van der Waals surface area contributed by atoms with Crippen molar-refractivity contribution in [3.63, 3.8) is 0 Å². The number of hydrogen-bond acceptors (Lipinski definition) is 2. The highest BCUT2D eigenvalue weighted by atomic mass is 16.1. The maximum Gasteiger partial charge on any atom is 0.252 e. The molecule has 3 rings (SSSR count). The van der Waals surface area contributed by atoms with Crippen LogP contribution in [0.15, 0.2) is 66.9 Å². The van der Waals surface area contributed by atoms with Crippen LogP contribution in [0.1, 0.15) is 0 Å². The molecule has 0 radical (unpaired) electrons. The van der Waals surface area contributed by atoms with Crippen LogP contribution in [-0.2, 0) is 4.79 Å². The number of carbonyl (C=O) groups is 1. The van der Waals surface area contributed by atoms with Crippen LogP contribution in [0.2, 0.25) is 0 Å². The van der Waals surface area contributed by atoms with Crippen LogP contribution >= 0.6 is 0 Å². The Kier molecular flexibility index (Phi) is 4.26. The number of anilines is 1. The van der Waals surface area contributed by atoms with Crippen LogP contribution in [0.5, 0.6) is 0 Å². The van der Waals surface area contributed by atoms with Gasteiger partial charge in [0.25, 0.3) is 5.91 Å². The van der Waals surface area contributed by atoms with Gasteiger partial charge in [0, 0.05) is 34.9 Å². The van der Waals surface area contributed by atoms with Crippen molar-refractivity contribution in [1.82, 2.24) is 10.3 Å². The second kappa shape index (κ2) is 6.50. The van der Waals surface area contributed by atoms with Crippen molar-refractivity contribution in [3.05, 3.63) is 66.9 Å². The molecule has 0 saturated heterocycles. The van der Waals surface area contributed by atoms with Gasteiger partial charge in [0.2, 0.25) is 0 Å². The van der Waals surface area contributed by atoms with E-state index in [9.17, 15) is 4.79 Å². The summed E-state index contributed by atoms with van der Waals surface area (Å²) in [5.41, 5.74) is 4.56. The summed E-state index contributed by atoms with van der Waals surface area (Å²) in [5.74, 6) is -0.170. The van der Waals surface area contributed by atoms with Crippen molar-refractivity contribution >= 4 is 22.5 Å². The fraction of sp³-hybridized carbons (Fsp3) is 0.105. The van der Waals surface area contributed by atoms with Gasteiger partial charge in [0.15, 0.2) is 0 Å². The Morgan fingerprint density at radius 2 is 2.00 bits per heavy atom. The average Bonchev–Trinajstić information content (AvgIpc) is 3.03. The van der Waals surface area contributed by atoms with Gasteiger partial charge in [-0.15, -0.1) is 0 Å². The van der Waals surface area contributed by atoms with Gasteiger partial charge in [0.05, 0.1) is 0 Å². The maximum absolute atomic E-state index is 12.1. The summed E-state index contributed by atoms with van der Waals surface area (Å²) >= 11 is 0. The Morgan fingerprint density at radius 3 is 2.83 bits per heavy atom. The number of benzene rings is 2. The third-order valence-corrected chi connectivity index (χ3v) is 3.74. The average molecular weight is 305 g/mol. The Morgan fingerprint density at radius 1 is 1.17 bits per heavy atom. The topological polar surface area (TPSA) is 56.9 Å². The number of nitrogens with one attached hydrogen (secondary N) is 3. The first kappa shape index (κ1) is 15.1. The third kappa shape index (κ3) is 3.17. The first-order chi connectivity index (χ1) is 11.2. The van der Waals surface area contributed by atoms with Gasteiger partial charge in [-0.05, 0) is 42.4 Å². The standard InChI is InChI=1S/C19H19N3O/c1-13(12-20-2)19(23)22-15-6-3-5-14(11-15)16-7-4-8-18-17(16)9-10-21-18/h3-11,20-21H,1,12H2,2H3,(H,22,23). The zero-order chi connectivity index (χ0) is 16.2. The number of rotatable bonds is 5. The first-order valence-corrected chi connectivity index (χ1v) is 7.49. The lowest BCUT2D eigenvalue weighted by Crippen LogP contribution is -2.21. The van der Waals surface area contributed by atoms with Crippen LogP contribution in [0.4, 0.5) is 5.69 Å². The van der Waals surface area contributed by atoms with Gasteiger partial charge < -0.3 is 15.6 Å². The number of aromatic amines is 1. The minimum atomic E-state index is -0.170. The Balaban J connectivity index is 1.90. The third-order valence-electron chi connectivity index (χ3n) is 3.74.